The predicted molar refractivity (Wildman–Crippen MR) is 99.4 cm³/mol. The average molecular weight is 348 g/mol. The molecule has 1 unspecified atom stereocenters. The number of likely N-dealkylation sites (tertiary alicyclic amines) is 1. The molecule has 1 aromatic heterocycles. The first-order chi connectivity index (χ1) is 12.1. The molecule has 0 radical (unpaired) electrons. The van der Waals surface area contributed by atoms with Crippen molar-refractivity contribution in [2.75, 3.05) is 39.9 Å². The van der Waals surface area contributed by atoms with E-state index >= 15 is 0 Å². The van der Waals surface area contributed by atoms with Crippen LogP contribution >= 0.6 is 0 Å². The SMILES string of the molecule is COCCN(Cc1cccnc1)C(=O)NCC(C)N1CCC(C)CC1. The van der Waals surface area contributed by atoms with Crippen molar-refractivity contribution in [2.45, 2.75) is 39.3 Å². The van der Waals surface area contributed by atoms with Gasteiger partial charge in [-0.3, -0.25) is 9.88 Å². The van der Waals surface area contributed by atoms with Gasteiger partial charge in [-0.2, -0.15) is 0 Å². The minimum Gasteiger partial charge on any atom is -0.383 e. The summed E-state index contributed by atoms with van der Waals surface area (Å²) in [5.41, 5.74) is 1.02. The Kier molecular flexibility index (Phi) is 8.15. The number of nitrogens with zero attached hydrogens (tertiary/aromatic N) is 3. The van der Waals surface area contributed by atoms with Gasteiger partial charge in [0.25, 0.3) is 0 Å². The van der Waals surface area contributed by atoms with Crippen molar-refractivity contribution in [1.82, 2.24) is 20.1 Å². The first kappa shape index (κ1) is 19.7. The monoisotopic (exact) mass is 348 g/mol. The molecule has 1 N–H and O–H groups in total. The molecular formula is C19H32N4O2. The third-order valence-corrected chi connectivity index (χ3v) is 4.94. The smallest absolute Gasteiger partial charge is 0.317 e. The standard InChI is InChI=1S/C19H32N4O2/c1-16-6-9-22(10-7-16)17(2)13-21-19(24)23(11-12-25-3)15-18-5-4-8-20-14-18/h4-5,8,14,16-17H,6-7,9-13,15H2,1-3H3,(H,21,24). The maximum absolute atomic E-state index is 12.6. The summed E-state index contributed by atoms with van der Waals surface area (Å²) in [5, 5.41) is 3.09. The minimum absolute atomic E-state index is 0.0434. The first-order valence-electron chi connectivity index (χ1n) is 9.24. The summed E-state index contributed by atoms with van der Waals surface area (Å²) in [4.78, 5) is 21.0. The van der Waals surface area contributed by atoms with E-state index in [2.05, 4.69) is 29.0 Å². The highest BCUT2D eigenvalue weighted by Crippen LogP contribution is 2.17. The number of aromatic nitrogens is 1. The lowest BCUT2D eigenvalue weighted by Crippen LogP contribution is -2.48. The number of ether oxygens (including phenoxy) is 1. The Morgan fingerprint density at radius 2 is 2.24 bits per heavy atom. The zero-order valence-electron chi connectivity index (χ0n) is 15.8. The normalized spacial score (nSPS) is 17.2. The third kappa shape index (κ3) is 6.63. The molecule has 6 nitrogen and oxygen atoms in total. The van der Waals surface area contributed by atoms with E-state index < -0.39 is 0 Å². The van der Waals surface area contributed by atoms with Gasteiger partial charge in [0.15, 0.2) is 0 Å². The highest BCUT2D eigenvalue weighted by Gasteiger charge is 2.21. The molecule has 0 aromatic carbocycles. The van der Waals surface area contributed by atoms with Crippen LogP contribution in [0.5, 0.6) is 0 Å². The van der Waals surface area contributed by atoms with Crippen LogP contribution in [0, 0.1) is 5.92 Å². The van der Waals surface area contributed by atoms with Gasteiger partial charge in [0, 0.05) is 45.2 Å². The van der Waals surface area contributed by atoms with Gasteiger partial charge in [-0.05, 0) is 50.4 Å². The number of hydrogen-bond donors (Lipinski definition) is 1. The molecule has 140 valence electrons. The zero-order chi connectivity index (χ0) is 18.1. The number of carbonyl (C=O) groups is 1. The number of urea groups is 1. The quantitative estimate of drug-likeness (QED) is 0.783. The van der Waals surface area contributed by atoms with Crippen LogP contribution in [0.2, 0.25) is 0 Å². The van der Waals surface area contributed by atoms with Gasteiger partial charge in [0.1, 0.15) is 0 Å². The molecule has 0 bridgehead atoms. The molecule has 1 fully saturated rings. The van der Waals surface area contributed by atoms with Crippen molar-refractivity contribution >= 4 is 6.03 Å². The second-order valence-electron chi connectivity index (χ2n) is 7.03. The van der Waals surface area contributed by atoms with Gasteiger partial charge in [0.2, 0.25) is 0 Å². The molecule has 2 rings (SSSR count). The maximum Gasteiger partial charge on any atom is 0.317 e. The maximum atomic E-state index is 12.6. The summed E-state index contributed by atoms with van der Waals surface area (Å²) in [7, 11) is 1.65. The second kappa shape index (κ2) is 10.4. The fourth-order valence-electron chi connectivity index (χ4n) is 3.11. The summed E-state index contributed by atoms with van der Waals surface area (Å²) in [6.45, 7) is 9.05. The number of carbonyl (C=O) groups excluding carboxylic acids is 1. The third-order valence-electron chi connectivity index (χ3n) is 4.94. The molecule has 1 aromatic rings. The summed E-state index contributed by atoms with van der Waals surface area (Å²) in [6.07, 6.45) is 6.04. The topological polar surface area (TPSA) is 57.7 Å². The Morgan fingerprint density at radius 3 is 2.88 bits per heavy atom. The molecule has 1 atom stereocenters. The Balaban J connectivity index is 1.83. The van der Waals surface area contributed by atoms with Crippen LogP contribution in [-0.4, -0.2) is 66.8 Å². The van der Waals surface area contributed by atoms with Gasteiger partial charge < -0.3 is 15.0 Å². The van der Waals surface area contributed by atoms with Gasteiger partial charge in [-0.25, -0.2) is 4.79 Å². The van der Waals surface area contributed by atoms with Crippen LogP contribution in [0.1, 0.15) is 32.3 Å². The number of hydrogen-bond acceptors (Lipinski definition) is 4. The molecule has 2 heterocycles. The van der Waals surface area contributed by atoms with Crippen LogP contribution in [0.3, 0.4) is 0 Å². The number of nitrogens with one attached hydrogen (secondary N) is 1. The Bertz CT molecular complexity index is 503. The average Bonchev–Trinajstić information content (AvgIpc) is 2.64. The van der Waals surface area contributed by atoms with E-state index in [4.69, 9.17) is 4.74 Å². The van der Waals surface area contributed by atoms with Crippen molar-refractivity contribution in [2.24, 2.45) is 5.92 Å². The van der Waals surface area contributed by atoms with Crippen molar-refractivity contribution in [1.29, 1.82) is 0 Å². The number of piperidine rings is 1. The van der Waals surface area contributed by atoms with Crippen molar-refractivity contribution in [3.8, 4) is 0 Å². The van der Waals surface area contributed by atoms with Crippen LogP contribution < -0.4 is 5.32 Å². The molecule has 1 aliphatic heterocycles. The zero-order valence-corrected chi connectivity index (χ0v) is 15.8. The van der Waals surface area contributed by atoms with E-state index in [-0.39, 0.29) is 6.03 Å². The summed E-state index contributed by atoms with van der Waals surface area (Å²) in [5.74, 6) is 0.821. The number of pyridine rings is 1. The molecule has 25 heavy (non-hydrogen) atoms. The molecule has 0 aliphatic carbocycles. The molecule has 1 aliphatic rings. The summed E-state index contributed by atoms with van der Waals surface area (Å²) < 4.78 is 5.15. The van der Waals surface area contributed by atoms with Gasteiger partial charge >= 0.3 is 6.03 Å². The van der Waals surface area contributed by atoms with Gasteiger partial charge in [0.05, 0.1) is 6.61 Å². The molecule has 0 saturated carbocycles. The second-order valence-corrected chi connectivity index (χ2v) is 7.03. The van der Waals surface area contributed by atoms with Crippen LogP contribution in [0.15, 0.2) is 24.5 Å². The number of amides is 2. The first-order valence-corrected chi connectivity index (χ1v) is 9.24. The molecule has 1 saturated heterocycles. The lowest BCUT2D eigenvalue weighted by molar-refractivity contribution is 0.133. The van der Waals surface area contributed by atoms with E-state index in [1.807, 2.05) is 12.1 Å². The Morgan fingerprint density at radius 1 is 1.48 bits per heavy atom. The fraction of sp³-hybridized carbons (Fsp3) is 0.684. The van der Waals surface area contributed by atoms with Crippen molar-refractivity contribution in [3.63, 3.8) is 0 Å². The molecule has 2 amide bonds. The van der Waals surface area contributed by atoms with Gasteiger partial charge in [-0.1, -0.05) is 13.0 Å². The number of methoxy groups -OCH3 is 1. The van der Waals surface area contributed by atoms with Crippen LogP contribution in [0.4, 0.5) is 4.79 Å². The van der Waals surface area contributed by atoms with Crippen molar-refractivity contribution in [3.05, 3.63) is 30.1 Å². The van der Waals surface area contributed by atoms with E-state index in [9.17, 15) is 4.79 Å². The molecule has 0 spiro atoms. The lowest BCUT2D eigenvalue weighted by atomic mass is 9.98. The largest absolute Gasteiger partial charge is 0.383 e. The summed E-state index contributed by atoms with van der Waals surface area (Å²) in [6, 6.07) is 4.19. The molecular weight excluding hydrogens is 316 g/mol. The number of rotatable bonds is 8. The Hall–Kier alpha value is -1.66. The van der Waals surface area contributed by atoms with Crippen molar-refractivity contribution < 1.29 is 9.53 Å². The van der Waals surface area contributed by atoms with Gasteiger partial charge in [-0.15, -0.1) is 0 Å². The van der Waals surface area contributed by atoms with E-state index in [0.717, 1.165) is 24.6 Å². The highest BCUT2D eigenvalue weighted by molar-refractivity contribution is 5.74. The minimum atomic E-state index is -0.0434. The lowest BCUT2D eigenvalue weighted by Gasteiger charge is -2.35. The van der Waals surface area contributed by atoms with Crippen LogP contribution in [-0.2, 0) is 11.3 Å². The van der Waals surface area contributed by atoms with E-state index in [1.54, 1.807) is 24.4 Å². The predicted octanol–water partition coefficient (Wildman–Crippen LogP) is 2.36. The fourth-order valence-corrected chi connectivity index (χ4v) is 3.11. The van der Waals surface area contributed by atoms with E-state index in [1.165, 1.54) is 12.8 Å². The van der Waals surface area contributed by atoms with E-state index in [0.29, 0.717) is 32.3 Å². The summed E-state index contributed by atoms with van der Waals surface area (Å²) >= 11 is 0. The Labute approximate surface area is 151 Å². The van der Waals surface area contributed by atoms with Crippen LogP contribution in [0.25, 0.3) is 0 Å². The molecule has 6 heteroatoms. The highest BCUT2D eigenvalue weighted by atomic mass is 16.5.